The molecule has 3 aromatic rings. The van der Waals surface area contributed by atoms with Gasteiger partial charge in [-0.3, -0.25) is 0 Å². The average molecular weight is 663 g/mol. The molecule has 2 atom stereocenters. The Hall–Kier alpha value is -4.11. The van der Waals surface area contributed by atoms with E-state index in [2.05, 4.69) is 30.9 Å². The van der Waals surface area contributed by atoms with Crippen molar-refractivity contribution < 1.29 is 56.0 Å². The summed E-state index contributed by atoms with van der Waals surface area (Å²) in [6, 6.07) is -0.770. The summed E-state index contributed by atoms with van der Waals surface area (Å²) in [4.78, 5) is 78.6. The van der Waals surface area contributed by atoms with Gasteiger partial charge in [0.2, 0.25) is 0 Å². The molecule has 24 heteroatoms. The van der Waals surface area contributed by atoms with Crippen LogP contribution in [0, 0.1) is 5.82 Å². The van der Waals surface area contributed by atoms with Gasteiger partial charge in [0.25, 0.3) is 0 Å². The topological polar surface area (TPSA) is 286 Å². The van der Waals surface area contributed by atoms with Crippen LogP contribution in [0.15, 0.2) is 33.3 Å². The number of nitrogens with one attached hydrogen (secondary N) is 4. The van der Waals surface area contributed by atoms with Gasteiger partial charge in [0, 0.05) is 0 Å². The number of halogens is 1. The van der Waals surface area contributed by atoms with E-state index in [1.807, 2.05) is 0 Å². The molecule has 2 fully saturated rings. The third-order valence-electron chi connectivity index (χ3n) is 6.78. The number of carbonyl (C=O) groups is 1. The molecule has 7 heterocycles. The van der Waals surface area contributed by atoms with Gasteiger partial charge in [-0.05, 0) is 0 Å². The van der Waals surface area contributed by atoms with Crippen molar-refractivity contribution in [3.05, 3.63) is 46.0 Å². The molecule has 1 unspecified atom stereocenters. The van der Waals surface area contributed by atoms with Crippen molar-refractivity contribution in [1.29, 1.82) is 0 Å². The standard InChI is InChI=1S/C20H24FN9O12P2/c21-10-13-9(40-19(10)29-5-25-11-14(29)23-4-24-16(11)31)3-38-43(33,34)41-8-1-7(2-37-44(35,36)42-13)39-18(8)30-6-26-12-15(30)27-20(22)28-17(12)32/h2,6,11,14,23,25,33-36,43-44H,1,3-5H2,(H,24,31)(H3,22,27,28,32)/b7-2+/t11-,14?/m0/s1. The van der Waals surface area contributed by atoms with Crippen LogP contribution in [0.5, 0.6) is 5.75 Å². The summed E-state index contributed by atoms with van der Waals surface area (Å²) in [5, 5.41) is 8.46. The van der Waals surface area contributed by atoms with Crippen LogP contribution in [0.1, 0.15) is 12.2 Å². The predicted octanol–water partition coefficient (Wildman–Crippen LogP) is -2.01. The number of imidazole rings is 1. The SMILES string of the molecule is Nc1nc2c(ncn2C2=C3C/C(=C\O[PH](O)(O)Oc4c(oc(N5CN[C@@H]6C(=O)NCNC65)c4F)CO[PH](O)(O)O3)O2)c(=O)[nH]1. The molecular weight excluding hydrogens is 639 g/mol. The van der Waals surface area contributed by atoms with E-state index < -0.39 is 63.9 Å². The van der Waals surface area contributed by atoms with Crippen molar-refractivity contribution in [3.8, 4) is 5.75 Å². The molecule has 238 valence electrons. The van der Waals surface area contributed by atoms with E-state index in [1.165, 1.54) is 4.90 Å². The van der Waals surface area contributed by atoms with Gasteiger partial charge in [0.05, 0.1) is 0 Å². The number of nitrogen functional groups attached to an aromatic ring is 1. The Kier molecular flexibility index (Phi) is 6.66. The van der Waals surface area contributed by atoms with Gasteiger partial charge in [0.1, 0.15) is 0 Å². The number of H-pyrrole nitrogens is 1. The molecule has 4 aliphatic heterocycles. The normalized spacial score (nSPS) is 27.1. The molecule has 0 spiro atoms. The Morgan fingerprint density at radius 1 is 1.14 bits per heavy atom. The van der Waals surface area contributed by atoms with Gasteiger partial charge in [-0.25, -0.2) is 0 Å². The summed E-state index contributed by atoms with van der Waals surface area (Å²) in [5.74, 6) is -4.40. The Balaban J connectivity index is 1.25. The first-order valence-electron chi connectivity index (χ1n) is 12.6. The number of amides is 1. The zero-order valence-corrected chi connectivity index (χ0v) is 23.9. The minimum absolute atomic E-state index is 0.0608. The molecule has 2 bridgehead atoms. The van der Waals surface area contributed by atoms with Crippen LogP contribution in [-0.4, -0.2) is 70.5 Å². The first-order valence-corrected chi connectivity index (χ1v) is 16.1. The van der Waals surface area contributed by atoms with Crippen LogP contribution >= 0.6 is 16.3 Å². The van der Waals surface area contributed by atoms with Crippen molar-refractivity contribution in [3.63, 3.8) is 0 Å². The molecule has 2 saturated heterocycles. The third-order valence-corrected chi connectivity index (χ3v) is 8.71. The van der Waals surface area contributed by atoms with Crippen molar-refractivity contribution in [1.82, 2.24) is 35.5 Å². The third kappa shape index (κ3) is 4.97. The molecule has 0 radical (unpaired) electrons. The molecule has 0 aromatic carbocycles. The molecular formula is C20H24FN9O12P2. The van der Waals surface area contributed by atoms with Crippen LogP contribution in [0.2, 0.25) is 0 Å². The van der Waals surface area contributed by atoms with E-state index in [0.717, 1.165) is 17.2 Å². The van der Waals surface area contributed by atoms with Crippen LogP contribution in [0.25, 0.3) is 17.0 Å². The quantitative estimate of drug-likeness (QED) is 0.134. The van der Waals surface area contributed by atoms with Crippen LogP contribution in [-0.2, 0) is 29.7 Å². The maximum absolute atomic E-state index is 15.7. The van der Waals surface area contributed by atoms with Crippen LogP contribution in [0.4, 0.5) is 16.2 Å². The fourth-order valence-corrected chi connectivity index (χ4v) is 6.58. The number of nitrogens with two attached hydrogens (primary N) is 1. The van der Waals surface area contributed by atoms with Gasteiger partial charge in [-0.15, -0.1) is 0 Å². The summed E-state index contributed by atoms with van der Waals surface area (Å²) < 4.78 is 48.9. The Bertz CT molecular complexity index is 1810. The van der Waals surface area contributed by atoms with Crippen LogP contribution in [0.3, 0.4) is 0 Å². The Morgan fingerprint density at radius 2 is 1.95 bits per heavy atom. The second kappa shape index (κ2) is 10.2. The number of ether oxygens (including phenoxy) is 1. The number of fused-ring (bicyclic) bond motifs is 5. The van der Waals surface area contributed by atoms with Gasteiger partial charge >= 0.3 is 244 Å². The Morgan fingerprint density at radius 3 is 2.77 bits per heavy atom. The van der Waals surface area contributed by atoms with E-state index in [0.29, 0.717) is 0 Å². The average Bonchev–Trinajstić information content (AvgIpc) is 3.72. The number of hydrogen-bond acceptors (Lipinski definition) is 18. The zero-order chi connectivity index (χ0) is 31.0. The summed E-state index contributed by atoms with van der Waals surface area (Å²) in [5.41, 5.74) is 4.77. The van der Waals surface area contributed by atoms with Crippen molar-refractivity contribution in [2.45, 2.75) is 25.2 Å². The Labute approximate surface area is 243 Å². The summed E-state index contributed by atoms with van der Waals surface area (Å²) >= 11 is 0. The number of furan rings is 1. The number of nitrogens with zero attached hydrogens (tertiary/aromatic N) is 4. The number of aromatic amines is 1. The van der Waals surface area contributed by atoms with E-state index >= 15 is 4.39 Å². The number of rotatable bonds is 2. The first-order chi connectivity index (χ1) is 20.9. The van der Waals surface area contributed by atoms with E-state index in [-0.39, 0.29) is 60.2 Å². The van der Waals surface area contributed by atoms with E-state index in [4.69, 9.17) is 33.0 Å². The van der Waals surface area contributed by atoms with Crippen LogP contribution < -0.4 is 36.7 Å². The number of hydrogen-bond donors (Lipinski definition) is 9. The van der Waals surface area contributed by atoms with E-state index in [9.17, 15) is 29.2 Å². The van der Waals surface area contributed by atoms with Crippen molar-refractivity contribution in [2.75, 3.05) is 24.0 Å². The molecule has 3 aromatic heterocycles. The summed E-state index contributed by atoms with van der Waals surface area (Å²) in [6.07, 6.45) is 0.752. The second-order valence-corrected chi connectivity index (χ2v) is 12.8. The fraction of sp³-hybridized carbons (Fsp3) is 0.300. The molecule has 10 N–H and O–H groups in total. The monoisotopic (exact) mass is 663 g/mol. The van der Waals surface area contributed by atoms with Gasteiger partial charge in [0.15, 0.2) is 0 Å². The molecule has 7 rings (SSSR count). The summed E-state index contributed by atoms with van der Waals surface area (Å²) in [7, 11) is -10.4. The van der Waals surface area contributed by atoms with Gasteiger partial charge in [-0.2, -0.15) is 0 Å². The molecule has 21 nitrogen and oxygen atoms in total. The van der Waals surface area contributed by atoms with Gasteiger partial charge < -0.3 is 0 Å². The van der Waals surface area contributed by atoms with Gasteiger partial charge in [-0.1, -0.05) is 0 Å². The number of carbonyl (C=O) groups excluding carboxylic acids is 1. The second-order valence-electron chi connectivity index (χ2n) is 9.69. The van der Waals surface area contributed by atoms with Crippen molar-refractivity contribution in [2.24, 2.45) is 0 Å². The fourth-order valence-electron chi connectivity index (χ4n) is 4.91. The summed E-state index contributed by atoms with van der Waals surface area (Å²) in [6.45, 7) is -0.875. The first kappa shape index (κ1) is 28.6. The number of anilines is 2. The molecule has 0 saturated carbocycles. The predicted molar refractivity (Wildman–Crippen MR) is 146 cm³/mol. The van der Waals surface area contributed by atoms with E-state index in [1.54, 1.807) is 0 Å². The van der Waals surface area contributed by atoms with Crippen molar-refractivity contribution >= 4 is 51.1 Å². The maximum atomic E-state index is 15.7. The molecule has 44 heavy (non-hydrogen) atoms. The zero-order valence-electron chi connectivity index (χ0n) is 21.9. The molecule has 4 aliphatic rings. The molecule has 1 amide bonds. The number of aromatic nitrogens is 4. The minimum atomic E-state index is -5.25. The molecule has 0 aliphatic carbocycles.